The molecular formula is C25H24N6O3. The number of para-hydroxylation sites is 2. The number of hydrogen-bond donors (Lipinski definition) is 3. The Balaban J connectivity index is 1.44. The zero-order valence-electron chi connectivity index (χ0n) is 18.7. The molecule has 34 heavy (non-hydrogen) atoms. The monoisotopic (exact) mass is 456 g/mol. The molecule has 5 rings (SSSR count). The van der Waals surface area contributed by atoms with Crippen LogP contribution >= 0.6 is 0 Å². The lowest BCUT2D eigenvalue weighted by molar-refractivity contribution is 0.102. The van der Waals surface area contributed by atoms with E-state index in [1.165, 1.54) is 16.9 Å². The van der Waals surface area contributed by atoms with E-state index in [4.69, 9.17) is 0 Å². The zero-order chi connectivity index (χ0) is 23.7. The first-order valence-corrected chi connectivity index (χ1v) is 11.3. The van der Waals surface area contributed by atoms with Crippen molar-refractivity contribution in [2.45, 2.75) is 32.1 Å². The molecule has 0 atom stereocenters. The molecular weight excluding hydrogens is 432 g/mol. The lowest BCUT2D eigenvalue weighted by atomic mass is 9.82. The van der Waals surface area contributed by atoms with Crippen molar-refractivity contribution in [3.05, 3.63) is 66.1 Å². The Morgan fingerprint density at radius 3 is 2.65 bits per heavy atom. The molecule has 4 aromatic rings. The summed E-state index contributed by atoms with van der Waals surface area (Å²) in [6.45, 7) is 2.34. The van der Waals surface area contributed by atoms with Crippen LogP contribution in [0.1, 0.15) is 48.3 Å². The minimum Gasteiger partial charge on any atom is -0.507 e. The molecule has 1 saturated carbocycles. The number of amides is 2. The zero-order valence-corrected chi connectivity index (χ0v) is 18.7. The van der Waals surface area contributed by atoms with E-state index in [-0.39, 0.29) is 23.4 Å². The van der Waals surface area contributed by atoms with Crippen molar-refractivity contribution in [3.63, 3.8) is 0 Å². The maximum Gasteiger partial charge on any atom is 0.342 e. The first-order chi connectivity index (χ1) is 16.5. The molecule has 1 aliphatic carbocycles. The number of phenols is 1. The number of carbonyl (C=O) groups is 2. The number of phenolic OH excluding ortho intramolecular Hbond substituents is 1. The fourth-order valence-corrected chi connectivity index (χ4v) is 3.99. The van der Waals surface area contributed by atoms with Crippen molar-refractivity contribution in [1.82, 2.24) is 25.1 Å². The van der Waals surface area contributed by atoms with Crippen molar-refractivity contribution in [1.29, 1.82) is 0 Å². The van der Waals surface area contributed by atoms with Crippen molar-refractivity contribution < 1.29 is 14.7 Å². The van der Waals surface area contributed by atoms with Crippen LogP contribution in [-0.4, -0.2) is 43.3 Å². The molecule has 2 amide bonds. The summed E-state index contributed by atoms with van der Waals surface area (Å²) >= 11 is 0. The van der Waals surface area contributed by atoms with Crippen LogP contribution in [0.3, 0.4) is 0 Å². The smallest absolute Gasteiger partial charge is 0.342 e. The lowest BCUT2D eigenvalue weighted by Gasteiger charge is -2.25. The van der Waals surface area contributed by atoms with Crippen LogP contribution in [0, 0.1) is 0 Å². The molecule has 2 aromatic carbocycles. The molecule has 2 aromatic heterocycles. The lowest BCUT2D eigenvalue weighted by Crippen LogP contribution is -2.31. The summed E-state index contributed by atoms with van der Waals surface area (Å²) in [6, 6.07) is 13.6. The van der Waals surface area contributed by atoms with E-state index in [9.17, 15) is 14.7 Å². The third-order valence-electron chi connectivity index (χ3n) is 5.99. The summed E-state index contributed by atoms with van der Waals surface area (Å²) in [6.07, 6.45) is 4.54. The van der Waals surface area contributed by atoms with Gasteiger partial charge in [-0.15, -0.1) is 0 Å². The maximum atomic E-state index is 12.8. The van der Waals surface area contributed by atoms with Gasteiger partial charge in [-0.25, -0.2) is 9.78 Å². The maximum absolute atomic E-state index is 12.8. The number of anilines is 1. The fourth-order valence-electron chi connectivity index (χ4n) is 3.99. The molecule has 1 aliphatic rings. The van der Waals surface area contributed by atoms with Gasteiger partial charge in [0.2, 0.25) is 0 Å². The number of hydrogen-bond acceptors (Lipinski definition) is 6. The molecule has 172 valence electrons. The summed E-state index contributed by atoms with van der Waals surface area (Å²) in [4.78, 5) is 34.0. The van der Waals surface area contributed by atoms with E-state index in [1.807, 2.05) is 31.2 Å². The van der Waals surface area contributed by atoms with Gasteiger partial charge in [-0.05, 0) is 56.2 Å². The Morgan fingerprint density at radius 2 is 1.91 bits per heavy atom. The van der Waals surface area contributed by atoms with Crippen LogP contribution in [0.25, 0.3) is 22.3 Å². The van der Waals surface area contributed by atoms with Crippen molar-refractivity contribution in [2.75, 3.05) is 11.9 Å². The summed E-state index contributed by atoms with van der Waals surface area (Å²) in [7, 11) is 0. The van der Waals surface area contributed by atoms with Gasteiger partial charge in [0.1, 0.15) is 11.4 Å². The number of nitrogens with one attached hydrogen (secondary N) is 2. The Labute approximate surface area is 195 Å². The van der Waals surface area contributed by atoms with Gasteiger partial charge >= 0.3 is 6.03 Å². The molecule has 0 radical (unpaired) electrons. The SMILES string of the molecule is CCNC(=O)n1nc(-c2cc(NC(=O)c3cnc4ccccc4n3)ccc2O)cc1C1CCC1. The second kappa shape index (κ2) is 8.93. The van der Waals surface area contributed by atoms with Gasteiger partial charge in [-0.2, -0.15) is 9.78 Å². The third-order valence-corrected chi connectivity index (χ3v) is 5.99. The number of nitrogens with zero attached hydrogens (tertiary/aromatic N) is 4. The van der Waals surface area contributed by atoms with Crippen LogP contribution in [0.5, 0.6) is 5.75 Å². The average Bonchev–Trinajstić information content (AvgIpc) is 3.23. The van der Waals surface area contributed by atoms with Crippen LogP contribution in [-0.2, 0) is 0 Å². The largest absolute Gasteiger partial charge is 0.507 e. The highest BCUT2D eigenvalue weighted by molar-refractivity contribution is 6.04. The average molecular weight is 457 g/mol. The van der Waals surface area contributed by atoms with Crippen molar-refractivity contribution >= 4 is 28.7 Å². The molecule has 9 nitrogen and oxygen atoms in total. The second-order valence-electron chi connectivity index (χ2n) is 8.26. The number of fused-ring (bicyclic) bond motifs is 1. The summed E-state index contributed by atoms with van der Waals surface area (Å²) < 4.78 is 1.39. The molecule has 0 unspecified atom stereocenters. The van der Waals surface area contributed by atoms with Gasteiger partial charge in [-0.3, -0.25) is 9.78 Å². The van der Waals surface area contributed by atoms with E-state index in [0.717, 1.165) is 25.0 Å². The highest BCUT2D eigenvalue weighted by atomic mass is 16.3. The normalized spacial score (nSPS) is 13.4. The van der Waals surface area contributed by atoms with Gasteiger partial charge in [0.25, 0.3) is 5.91 Å². The van der Waals surface area contributed by atoms with Crippen molar-refractivity contribution in [2.24, 2.45) is 0 Å². The van der Waals surface area contributed by atoms with Gasteiger partial charge in [0, 0.05) is 23.7 Å². The molecule has 0 bridgehead atoms. The Kier molecular flexibility index (Phi) is 5.67. The standard InChI is InChI=1S/C25H24N6O3/c1-2-26-25(34)31-22(15-6-5-7-15)13-20(30-31)17-12-16(10-11-23(17)32)28-24(33)21-14-27-18-8-3-4-9-19(18)29-21/h3-4,8-15,32H,2,5-7H2,1H3,(H,26,34)(H,28,33). The molecule has 0 aliphatic heterocycles. The third kappa shape index (κ3) is 4.07. The van der Waals surface area contributed by atoms with Crippen molar-refractivity contribution in [3.8, 4) is 17.0 Å². The predicted octanol–water partition coefficient (Wildman–Crippen LogP) is 4.30. The minimum atomic E-state index is -0.419. The molecule has 1 fully saturated rings. The van der Waals surface area contributed by atoms with E-state index < -0.39 is 5.91 Å². The fraction of sp³-hybridized carbons (Fsp3) is 0.240. The highest BCUT2D eigenvalue weighted by Crippen LogP contribution is 2.39. The Hall–Kier alpha value is -4.27. The first kappa shape index (κ1) is 21.6. The molecule has 9 heteroatoms. The van der Waals surface area contributed by atoms with E-state index in [0.29, 0.717) is 34.5 Å². The number of carbonyl (C=O) groups excluding carboxylic acids is 2. The molecule has 3 N–H and O–H groups in total. The van der Waals surface area contributed by atoms with Crippen LogP contribution in [0.4, 0.5) is 10.5 Å². The molecule has 0 saturated heterocycles. The van der Waals surface area contributed by atoms with Gasteiger partial charge in [0.15, 0.2) is 0 Å². The quantitative estimate of drug-likeness (QED) is 0.385. The Bertz CT molecular complexity index is 1390. The topological polar surface area (TPSA) is 122 Å². The molecule has 0 spiro atoms. The van der Waals surface area contributed by atoms with E-state index in [2.05, 4.69) is 25.7 Å². The number of benzene rings is 2. The number of aromatic nitrogens is 4. The second-order valence-corrected chi connectivity index (χ2v) is 8.26. The summed E-state index contributed by atoms with van der Waals surface area (Å²) in [5.74, 6) is -0.150. The van der Waals surface area contributed by atoms with Gasteiger partial charge in [-0.1, -0.05) is 18.6 Å². The van der Waals surface area contributed by atoms with Gasteiger partial charge < -0.3 is 15.7 Å². The number of rotatable bonds is 5. The molecule has 2 heterocycles. The van der Waals surface area contributed by atoms with Crippen LogP contribution in [0.2, 0.25) is 0 Å². The van der Waals surface area contributed by atoms with Gasteiger partial charge in [0.05, 0.1) is 28.6 Å². The van der Waals surface area contributed by atoms with E-state index in [1.54, 1.807) is 18.2 Å². The van der Waals surface area contributed by atoms with E-state index >= 15 is 0 Å². The van der Waals surface area contributed by atoms with Crippen LogP contribution in [0.15, 0.2) is 54.7 Å². The van der Waals surface area contributed by atoms with Crippen LogP contribution < -0.4 is 10.6 Å². The highest BCUT2D eigenvalue weighted by Gasteiger charge is 2.27. The summed E-state index contributed by atoms with van der Waals surface area (Å²) in [5.41, 5.74) is 3.69. The minimum absolute atomic E-state index is 0.00389. The summed E-state index contributed by atoms with van der Waals surface area (Å²) in [5, 5.41) is 20.6. The Morgan fingerprint density at radius 1 is 1.12 bits per heavy atom. The predicted molar refractivity (Wildman–Crippen MR) is 128 cm³/mol. The number of aromatic hydroxyl groups is 1. The first-order valence-electron chi connectivity index (χ1n) is 11.3.